The molecule has 0 aliphatic rings. The van der Waals surface area contributed by atoms with Crippen molar-refractivity contribution < 1.29 is 22.5 Å². The maximum absolute atomic E-state index is 13.1. The second-order valence-corrected chi connectivity index (χ2v) is 7.93. The molecular formula is C22H20O5S. The number of para-hydroxylation sites is 1. The van der Waals surface area contributed by atoms with E-state index in [1.54, 1.807) is 67.6 Å². The topological polar surface area (TPSA) is 80.7 Å². The highest BCUT2D eigenvalue weighted by molar-refractivity contribution is 7.86. The third-order valence-electron chi connectivity index (χ3n) is 4.44. The van der Waals surface area contributed by atoms with Crippen LogP contribution in [0.1, 0.15) is 27.4 Å². The first-order valence-electron chi connectivity index (χ1n) is 8.72. The fourth-order valence-corrected chi connectivity index (χ4v) is 4.09. The Labute approximate surface area is 164 Å². The predicted octanol–water partition coefficient (Wildman–Crippen LogP) is 4.07. The van der Waals surface area contributed by atoms with Gasteiger partial charge in [-0.15, -0.1) is 0 Å². The molecule has 0 radical (unpaired) electrons. The van der Waals surface area contributed by atoms with E-state index in [2.05, 4.69) is 0 Å². The summed E-state index contributed by atoms with van der Waals surface area (Å²) < 4.78 is 30.5. The molecule has 0 bridgehead atoms. The predicted molar refractivity (Wildman–Crippen MR) is 106 cm³/mol. The quantitative estimate of drug-likeness (QED) is 0.481. The van der Waals surface area contributed by atoms with E-state index < -0.39 is 21.8 Å². The summed E-state index contributed by atoms with van der Waals surface area (Å²) in [5.41, 5.74) is 1.29. The summed E-state index contributed by atoms with van der Waals surface area (Å²) in [6.07, 6.45) is 0. The van der Waals surface area contributed by atoms with Gasteiger partial charge in [0.25, 0.3) is 10.1 Å². The number of ketones is 1. The lowest BCUT2D eigenvalue weighted by molar-refractivity contribution is 0.0930. The first-order chi connectivity index (χ1) is 13.4. The lowest BCUT2D eigenvalue weighted by atomic mass is 9.91. The molecule has 5 nitrogen and oxygen atoms in total. The number of hydrogen-bond acceptors (Lipinski definition) is 5. The normalized spacial score (nSPS) is 12.5. The average Bonchev–Trinajstić information content (AvgIpc) is 2.69. The third kappa shape index (κ3) is 4.30. The fraction of sp³-hybridized carbons (Fsp3) is 0.136. The molecule has 1 N–H and O–H groups in total. The minimum absolute atomic E-state index is 0.0665. The van der Waals surface area contributed by atoms with Crippen LogP contribution >= 0.6 is 0 Å². The van der Waals surface area contributed by atoms with Crippen molar-refractivity contribution in [1.29, 1.82) is 0 Å². The van der Waals surface area contributed by atoms with Crippen LogP contribution in [0.5, 0.6) is 5.75 Å². The Morgan fingerprint density at radius 1 is 0.929 bits per heavy atom. The van der Waals surface area contributed by atoms with Gasteiger partial charge in [-0.25, -0.2) is 0 Å². The molecule has 3 aromatic carbocycles. The van der Waals surface area contributed by atoms with Crippen LogP contribution in [0.25, 0.3) is 0 Å². The van der Waals surface area contributed by atoms with Gasteiger partial charge in [-0.3, -0.25) is 8.98 Å². The van der Waals surface area contributed by atoms with E-state index in [9.17, 15) is 18.3 Å². The summed E-state index contributed by atoms with van der Waals surface area (Å²) in [6, 6.07) is 21.5. The van der Waals surface area contributed by atoms with Crippen molar-refractivity contribution in [2.75, 3.05) is 6.61 Å². The Hall–Kier alpha value is -2.96. The molecule has 0 spiro atoms. The fourth-order valence-electron chi connectivity index (χ4n) is 2.94. The van der Waals surface area contributed by atoms with Crippen LogP contribution in [0.2, 0.25) is 0 Å². The molecule has 0 saturated carbocycles. The molecule has 0 amide bonds. The van der Waals surface area contributed by atoms with E-state index in [1.165, 1.54) is 18.2 Å². The van der Waals surface area contributed by atoms with Crippen LogP contribution in [0.4, 0.5) is 0 Å². The van der Waals surface area contributed by atoms with E-state index >= 15 is 0 Å². The van der Waals surface area contributed by atoms with Crippen molar-refractivity contribution >= 4 is 15.9 Å². The summed E-state index contributed by atoms with van der Waals surface area (Å²) in [7, 11) is -4.03. The number of carbonyl (C=O) groups is 1. The van der Waals surface area contributed by atoms with Crippen molar-refractivity contribution in [2.24, 2.45) is 0 Å². The molecule has 3 rings (SSSR count). The van der Waals surface area contributed by atoms with Gasteiger partial charge in [0.15, 0.2) is 5.78 Å². The number of phenolic OH excluding ortho intramolecular Hbond substituents is 1. The number of aryl methyl sites for hydroxylation is 1. The number of benzene rings is 3. The Morgan fingerprint density at radius 3 is 2.21 bits per heavy atom. The lowest BCUT2D eigenvalue weighted by Crippen LogP contribution is -2.21. The molecule has 1 unspecified atom stereocenters. The van der Waals surface area contributed by atoms with Gasteiger partial charge in [-0.1, -0.05) is 60.7 Å². The molecule has 28 heavy (non-hydrogen) atoms. The number of hydrogen-bond donors (Lipinski definition) is 1. The van der Waals surface area contributed by atoms with Crippen molar-refractivity contribution in [1.82, 2.24) is 0 Å². The SMILES string of the molecule is Cc1ccccc1S(=O)(=O)OCC(C(=O)c1ccccc1O)c1ccccc1. The van der Waals surface area contributed by atoms with Crippen LogP contribution in [-0.2, 0) is 14.3 Å². The second-order valence-electron chi connectivity index (χ2n) is 6.35. The molecule has 0 heterocycles. The molecule has 0 aliphatic heterocycles. The molecular weight excluding hydrogens is 376 g/mol. The molecule has 0 aromatic heterocycles. The van der Waals surface area contributed by atoms with Gasteiger partial charge in [0.1, 0.15) is 5.75 Å². The monoisotopic (exact) mass is 396 g/mol. The van der Waals surface area contributed by atoms with E-state index in [0.717, 1.165) is 0 Å². The van der Waals surface area contributed by atoms with Gasteiger partial charge >= 0.3 is 0 Å². The van der Waals surface area contributed by atoms with Crippen molar-refractivity contribution in [3.8, 4) is 5.75 Å². The molecule has 0 aliphatic carbocycles. The first-order valence-corrected chi connectivity index (χ1v) is 10.1. The van der Waals surface area contributed by atoms with Gasteiger partial charge in [-0.2, -0.15) is 8.42 Å². The molecule has 6 heteroatoms. The maximum Gasteiger partial charge on any atom is 0.297 e. The number of rotatable bonds is 7. The van der Waals surface area contributed by atoms with E-state index in [-0.39, 0.29) is 22.8 Å². The smallest absolute Gasteiger partial charge is 0.297 e. The van der Waals surface area contributed by atoms with Crippen LogP contribution in [-0.4, -0.2) is 25.9 Å². The van der Waals surface area contributed by atoms with E-state index in [4.69, 9.17) is 4.18 Å². The Morgan fingerprint density at radius 2 is 1.54 bits per heavy atom. The van der Waals surface area contributed by atoms with Crippen molar-refractivity contribution in [3.05, 3.63) is 95.6 Å². The molecule has 3 aromatic rings. The third-order valence-corrected chi connectivity index (χ3v) is 5.88. The first kappa shape index (κ1) is 19.8. The largest absolute Gasteiger partial charge is 0.507 e. The molecule has 0 saturated heterocycles. The van der Waals surface area contributed by atoms with Gasteiger partial charge < -0.3 is 5.11 Å². The van der Waals surface area contributed by atoms with Crippen molar-refractivity contribution in [2.45, 2.75) is 17.7 Å². The zero-order valence-corrected chi connectivity index (χ0v) is 16.1. The summed E-state index contributed by atoms with van der Waals surface area (Å²) in [5.74, 6) is -1.45. The minimum atomic E-state index is -4.03. The average molecular weight is 396 g/mol. The van der Waals surface area contributed by atoms with E-state index in [1.807, 2.05) is 0 Å². The Balaban J connectivity index is 1.92. The summed E-state index contributed by atoms with van der Waals surface area (Å²) in [5, 5.41) is 10.0. The van der Waals surface area contributed by atoms with Crippen LogP contribution in [0.15, 0.2) is 83.8 Å². The van der Waals surface area contributed by atoms with Crippen LogP contribution < -0.4 is 0 Å². The number of aromatic hydroxyl groups is 1. The van der Waals surface area contributed by atoms with Gasteiger partial charge in [0, 0.05) is 0 Å². The lowest BCUT2D eigenvalue weighted by Gasteiger charge is -2.17. The zero-order chi connectivity index (χ0) is 20.1. The van der Waals surface area contributed by atoms with Gasteiger partial charge in [0.05, 0.1) is 23.0 Å². The van der Waals surface area contributed by atoms with E-state index in [0.29, 0.717) is 11.1 Å². The van der Waals surface area contributed by atoms with Gasteiger partial charge in [-0.05, 0) is 36.2 Å². The summed E-state index contributed by atoms with van der Waals surface area (Å²) in [4.78, 5) is 13.1. The van der Waals surface area contributed by atoms with Crippen LogP contribution in [0.3, 0.4) is 0 Å². The highest BCUT2D eigenvalue weighted by Gasteiger charge is 2.27. The Bertz CT molecular complexity index is 1070. The van der Waals surface area contributed by atoms with Crippen LogP contribution in [0, 0.1) is 6.92 Å². The number of phenols is 1. The highest BCUT2D eigenvalue weighted by Crippen LogP contribution is 2.28. The highest BCUT2D eigenvalue weighted by atomic mass is 32.2. The molecule has 144 valence electrons. The second kappa shape index (κ2) is 8.37. The minimum Gasteiger partial charge on any atom is -0.507 e. The Kier molecular flexibility index (Phi) is 5.92. The van der Waals surface area contributed by atoms with Gasteiger partial charge in [0.2, 0.25) is 0 Å². The molecule has 0 fully saturated rings. The van der Waals surface area contributed by atoms with Crippen molar-refractivity contribution in [3.63, 3.8) is 0 Å². The summed E-state index contributed by atoms with van der Waals surface area (Å²) in [6.45, 7) is 1.31. The maximum atomic E-state index is 13.1. The zero-order valence-electron chi connectivity index (χ0n) is 15.3. The summed E-state index contributed by atoms with van der Waals surface area (Å²) >= 11 is 0. The molecule has 1 atom stereocenters. The standard InChI is InChI=1S/C22H20O5S/c1-16-9-5-8-14-21(16)28(25,26)27-15-19(17-10-3-2-4-11-17)22(24)18-12-6-7-13-20(18)23/h2-14,19,23H,15H2,1H3. The number of Topliss-reactive ketones (excluding diaryl/α,β-unsaturated/α-hetero) is 1. The number of carbonyl (C=O) groups excluding carboxylic acids is 1.